The summed E-state index contributed by atoms with van der Waals surface area (Å²) in [6.45, 7) is 0.547. The van der Waals surface area contributed by atoms with Gasteiger partial charge in [-0.15, -0.1) is 0 Å². The third kappa shape index (κ3) is 2.85. The van der Waals surface area contributed by atoms with Gasteiger partial charge in [-0.25, -0.2) is 4.39 Å². The van der Waals surface area contributed by atoms with Crippen LogP contribution in [0.1, 0.15) is 59.2 Å². The molecule has 5 heteroatoms. The third-order valence-electron chi connectivity index (χ3n) is 5.32. The maximum Gasteiger partial charge on any atom is 0.254 e. The summed E-state index contributed by atoms with van der Waals surface area (Å²) in [4.78, 5) is 23.2. The van der Waals surface area contributed by atoms with E-state index in [2.05, 4.69) is 5.32 Å². The first-order valence-electron chi connectivity index (χ1n) is 7.87. The van der Waals surface area contributed by atoms with Gasteiger partial charge in [-0.05, 0) is 68.1 Å². The van der Waals surface area contributed by atoms with E-state index in [0.717, 1.165) is 18.4 Å². The summed E-state index contributed by atoms with van der Waals surface area (Å²) in [5.74, 6) is -0.914. The van der Waals surface area contributed by atoms with Crippen molar-refractivity contribution in [1.29, 1.82) is 0 Å². The summed E-state index contributed by atoms with van der Waals surface area (Å²) in [6.07, 6.45) is 7.34. The fourth-order valence-electron chi connectivity index (χ4n) is 4.05. The van der Waals surface area contributed by atoms with Crippen LogP contribution in [0.5, 0.6) is 0 Å². The number of rotatable bonds is 5. The lowest BCUT2D eigenvalue weighted by Gasteiger charge is -2.26. The fraction of sp³-hybridized carbons (Fsp3) is 0.529. The van der Waals surface area contributed by atoms with Crippen molar-refractivity contribution in [3.8, 4) is 0 Å². The summed E-state index contributed by atoms with van der Waals surface area (Å²) in [5, 5.41) is 2.78. The predicted molar refractivity (Wildman–Crippen MR) is 80.9 cm³/mol. The highest BCUT2D eigenvalue weighted by Gasteiger charge is 2.44. The second kappa shape index (κ2) is 5.71. The van der Waals surface area contributed by atoms with Crippen LogP contribution < -0.4 is 11.1 Å². The van der Waals surface area contributed by atoms with Crippen LogP contribution in [0.25, 0.3) is 0 Å². The van der Waals surface area contributed by atoms with E-state index >= 15 is 0 Å². The molecule has 3 N–H and O–H groups in total. The van der Waals surface area contributed by atoms with E-state index in [4.69, 9.17) is 5.73 Å². The van der Waals surface area contributed by atoms with Crippen molar-refractivity contribution in [2.45, 2.75) is 38.5 Å². The Bertz CT molecular complexity index is 607. The van der Waals surface area contributed by atoms with Gasteiger partial charge in [0.05, 0.1) is 5.56 Å². The zero-order valence-corrected chi connectivity index (χ0v) is 12.5. The summed E-state index contributed by atoms with van der Waals surface area (Å²) in [7, 11) is 0. The van der Waals surface area contributed by atoms with E-state index in [1.807, 2.05) is 0 Å². The average Bonchev–Trinajstić information content (AvgIpc) is 3.08. The van der Waals surface area contributed by atoms with Gasteiger partial charge in [0.15, 0.2) is 0 Å². The van der Waals surface area contributed by atoms with E-state index in [-0.39, 0.29) is 11.1 Å². The third-order valence-corrected chi connectivity index (χ3v) is 5.32. The molecule has 22 heavy (non-hydrogen) atoms. The van der Waals surface area contributed by atoms with E-state index in [9.17, 15) is 14.0 Å². The monoisotopic (exact) mass is 304 g/mol. The second-order valence-electron chi connectivity index (χ2n) is 6.71. The van der Waals surface area contributed by atoms with Crippen LogP contribution in [-0.4, -0.2) is 18.4 Å². The van der Waals surface area contributed by atoms with Crippen LogP contribution in [0.3, 0.4) is 0 Å². The van der Waals surface area contributed by atoms with Crippen LogP contribution in [0.4, 0.5) is 4.39 Å². The summed E-state index contributed by atoms with van der Waals surface area (Å²) in [6, 6.07) is 3.60. The van der Waals surface area contributed by atoms with Gasteiger partial charge in [-0.3, -0.25) is 9.59 Å². The van der Waals surface area contributed by atoms with Gasteiger partial charge in [-0.2, -0.15) is 0 Å². The first-order chi connectivity index (χ1) is 10.5. The Hall–Kier alpha value is -1.91. The zero-order chi connectivity index (χ0) is 15.7. The molecule has 2 saturated carbocycles. The summed E-state index contributed by atoms with van der Waals surface area (Å²) < 4.78 is 13.7. The van der Waals surface area contributed by atoms with E-state index in [1.54, 1.807) is 0 Å². The Balaban J connectivity index is 1.60. The molecular formula is C17H21FN2O2. The quantitative estimate of drug-likeness (QED) is 0.877. The highest BCUT2D eigenvalue weighted by atomic mass is 19.1. The molecule has 2 aliphatic carbocycles. The molecule has 2 amide bonds. The first kappa shape index (κ1) is 15.0. The Morgan fingerprint density at radius 1 is 1.32 bits per heavy atom. The Labute approximate surface area is 129 Å². The van der Waals surface area contributed by atoms with Crippen molar-refractivity contribution in [2.24, 2.45) is 17.1 Å². The topological polar surface area (TPSA) is 72.2 Å². The van der Waals surface area contributed by atoms with E-state index < -0.39 is 17.6 Å². The largest absolute Gasteiger partial charge is 0.366 e. The lowest BCUT2D eigenvalue weighted by Crippen LogP contribution is -2.29. The van der Waals surface area contributed by atoms with Crippen molar-refractivity contribution in [1.82, 2.24) is 5.32 Å². The molecule has 1 aromatic carbocycles. The van der Waals surface area contributed by atoms with Gasteiger partial charge in [0, 0.05) is 12.1 Å². The first-order valence-corrected chi connectivity index (χ1v) is 7.87. The number of carbonyl (C=O) groups is 2. The molecule has 2 fully saturated rings. The van der Waals surface area contributed by atoms with Crippen LogP contribution in [-0.2, 0) is 0 Å². The number of benzene rings is 1. The number of nitrogens with one attached hydrogen (secondary N) is 1. The van der Waals surface area contributed by atoms with Crippen molar-refractivity contribution in [2.75, 3.05) is 6.54 Å². The van der Waals surface area contributed by atoms with E-state index in [1.165, 1.54) is 44.2 Å². The lowest BCUT2D eigenvalue weighted by molar-refractivity contribution is 0.0942. The molecule has 0 heterocycles. The minimum absolute atomic E-state index is 0.121. The van der Waals surface area contributed by atoms with Gasteiger partial charge < -0.3 is 11.1 Å². The van der Waals surface area contributed by atoms with Gasteiger partial charge in [0.1, 0.15) is 5.82 Å². The van der Waals surface area contributed by atoms with Crippen LogP contribution in [0.2, 0.25) is 0 Å². The summed E-state index contributed by atoms with van der Waals surface area (Å²) >= 11 is 0. The Morgan fingerprint density at radius 2 is 2.05 bits per heavy atom. The molecule has 2 bridgehead atoms. The molecule has 0 aliphatic heterocycles. The van der Waals surface area contributed by atoms with E-state index in [0.29, 0.717) is 12.0 Å². The lowest BCUT2D eigenvalue weighted by atomic mass is 9.81. The Kier molecular flexibility index (Phi) is 3.89. The van der Waals surface area contributed by atoms with Gasteiger partial charge >= 0.3 is 0 Å². The molecule has 3 rings (SSSR count). The fourth-order valence-corrected chi connectivity index (χ4v) is 4.05. The van der Waals surface area contributed by atoms with Crippen molar-refractivity contribution >= 4 is 11.8 Å². The molecule has 0 aromatic heterocycles. The van der Waals surface area contributed by atoms with Crippen LogP contribution >= 0.6 is 0 Å². The van der Waals surface area contributed by atoms with Gasteiger partial charge in [0.25, 0.3) is 5.91 Å². The number of carbonyl (C=O) groups excluding carboxylic acids is 2. The van der Waals surface area contributed by atoms with Crippen LogP contribution in [0.15, 0.2) is 18.2 Å². The summed E-state index contributed by atoms with van der Waals surface area (Å²) in [5.41, 5.74) is 5.57. The standard InChI is InChI=1S/C17H21FN2O2/c18-14-2-1-12(15(19)21)9-13(14)16(22)20-8-7-17-5-3-11(10-17)4-6-17/h1-2,9,11H,3-8,10H2,(H2,19,21)(H,20,22). The molecule has 0 unspecified atom stereocenters. The second-order valence-corrected chi connectivity index (χ2v) is 6.71. The number of halogens is 1. The highest BCUT2D eigenvalue weighted by molar-refractivity contribution is 5.99. The predicted octanol–water partition coefficient (Wildman–Crippen LogP) is 2.62. The molecule has 0 spiro atoms. The normalized spacial score (nSPS) is 26.1. The smallest absolute Gasteiger partial charge is 0.254 e. The molecule has 0 radical (unpaired) electrons. The maximum absolute atomic E-state index is 13.7. The SMILES string of the molecule is NC(=O)c1ccc(F)c(C(=O)NCCC23CCC(CC2)C3)c1. The Morgan fingerprint density at radius 3 is 2.64 bits per heavy atom. The molecule has 1 aromatic rings. The van der Waals surface area contributed by atoms with Crippen molar-refractivity contribution < 1.29 is 14.0 Å². The highest BCUT2D eigenvalue weighted by Crippen LogP contribution is 2.55. The van der Waals surface area contributed by atoms with Crippen molar-refractivity contribution in [3.05, 3.63) is 35.1 Å². The number of fused-ring (bicyclic) bond motifs is 2. The minimum atomic E-state index is -0.670. The maximum atomic E-state index is 13.7. The molecule has 0 atom stereocenters. The number of nitrogens with two attached hydrogens (primary N) is 1. The zero-order valence-electron chi connectivity index (χ0n) is 12.5. The van der Waals surface area contributed by atoms with Gasteiger partial charge in [0.2, 0.25) is 5.91 Å². The molecule has 2 aliphatic rings. The average molecular weight is 304 g/mol. The van der Waals surface area contributed by atoms with Crippen molar-refractivity contribution in [3.63, 3.8) is 0 Å². The minimum Gasteiger partial charge on any atom is -0.366 e. The van der Waals surface area contributed by atoms with Gasteiger partial charge in [-0.1, -0.05) is 0 Å². The molecule has 4 nitrogen and oxygen atoms in total. The number of hydrogen-bond donors (Lipinski definition) is 2. The molecule has 0 saturated heterocycles. The number of hydrogen-bond acceptors (Lipinski definition) is 2. The molecular weight excluding hydrogens is 283 g/mol. The van der Waals surface area contributed by atoms with Crippen LogP contribution in [0, 0.1) is 17.2 Å². The molecule has 118 valence electrons. The number of amides is 2. The number of primary amides is 1.